The van der Waals surface area contributed by atoms with Crippen LogP contribution in [0.3, 0.4) is 0 Å². The van der Waals surface area contributed by atoms with E-state index in [1.165, 1.54) is 12.5 Å². The number of nitrogens with one attached hydrogen (secondary N) is 1. The summed E-state index contributed by atoms with van der Waals surface area (Å²) < 4.78 is 0. The van der Waals surface area contributed by atoms with E-state index in [4.69, 9.17) is 0 Å². The fourth-order valence-corrected chi connectivity index (χ4v) is 1.90. The number of rotatable bonds is 2. The first-order valence-electron chi connectivity index (χ1n) is 3.95. The van der Waals surface area contributed by atoms with Crippen LogP contribution >= 0.6 is 11.3 Å². The maximum absolute atomic E-state index is 10.7. The molecule has 3 heteroatoms. The molecule has 66 valence electrons. The summed E-state index contributed by atoms with van der Waals surface area (Å²) in [6.45, 7) is 5.80. The van der Waals surface area contributed by atoms with Crippen LogP contribution in [0.15, 0.2) is 11.4 Å². The van der Waals surface area contributed by atoms with Crippen molar-refractivity contribution >= 4 is 22.2 Å². The second-order valence-electron chi connectivity index (χ2n) is 3.08. The van der Waals surface area contributed by atoms with E-state index in [1.54, 1.807) is 11.3 Å². The lowest BCUT2D eigenvalue weighted by molar-refractivity contribution is -0.114. The maximum atomic E-state index is 10.7. The summed E-state index contributed by atoms with van der Waals surface area (Å²) in [6.07, 6.45) is 0. The topological polar surface area (TPSA) is 29.1 Å². The summed E-state index contributed by atoms with van der Waals surface area (Å²) in [5, 5.41) is 5.78. The monoisotopic (exact) mass is 183 g/mol. The van der Waals surface area contributed by atoms with Crippen LogP contribution in [0.2, 0.25) is 0 Å². The number of hydrogen-bond acceptors (Lipinski definition) is 2. The van der Waals surface area contributed by atoms with Crippen LogP contribution in [0.25, 0.3) is 0 Å². The molecule has 1 heterocycles. The number of hydrogen-bond donors (Lipinski definition) is 1. The fourth-order valence-electron chi connectivity index (χ4n) is 0.893. The summed E-state index contributed by atoms with van der Waals surface area (Å²) in [5.41, 5.74) is 1.28. The van der Waals surface area contributed by atoms with Gasteiger partial charge in [0.1, 0.15) is 0 Å². The zero-order chi connectivity index (χ0) is 9.14. The lowest BCUT2D eigenvalue weighted by Crippen LogP contribution is -2.03. The molecule has 0 bridgehead atoms. The summed E-state index contributed by atoms with van der Waals surface area (Å²) in [4.78, 5) is 10.7. The van der Waals surface area contributed by atoms with Crippen molar-refractivity contribution in [1.82, 2.24) is 0 Å². The van der Waals surface area contributed by atoms with Gasteiger partial charge < -0.3 is 5.32 Å². The Morgan fingerprint density at radius 2 is 2.25 bits per heavy atom. The molecule has 0 aliphatic rings. The largest absolute Gasteiger partial charge is 0.318 e. The molecule has 0 radical (unpaired) electrons. The SMILES string of the molecule is CC(=O)Nc1cc(C(C)C)cs1. The lowest BCUT2D eigenvalue weighted by Gasteiger charge is -1.98. The number of carbonyl (C=O) groups excluding carboxylic acids is 1. The lowest BCUT2D eigenvalue weighted by atomic mass is 10.1. The molecule has 12 heavy (non-hydrogen) atoms. The van der Waals surface area contributed by atoms with Crippen LogP contribution in [0.4, 0.5) is 5.00 Å². The first-order chi connectivity index (χ1) is 5.59. The van der Waals surface area contributed by atoms with Crippen LogP contribution in [-0.2, 0) is 4.79 Å². The van der Waals surface area contributed by atoms with E-state index in [-0.39, 0.29) is 5.91 Å². The van der Waals surface area contributed by atoms with Gasteiger partial charge in [0.25, 0.3) is 0 Å². The molecule has 1 amide bonds. The van der Waals surface area contributed by atoms with E-state index < -0.39 is 0 Å². The minimum absolute atomic E-state index is 0.00726. The van der Waals surface area contributed by atoms with Crippen LogP contribution in [0.5, 0.6) is 0 Å². The maximum Gasteiger partial charge on any atom is 0.221 e. The van der Waals surface area contributed by atoms with Gasteiger partial charge in [-0.05, 0) is 22.9 Å². The Morgan fingerprint density at radius 3 is 2.67 bits per heavy atom. The molecule has 0 spiro atoms. The summed E-state index contributed by atoms with van der Waals surface area (Å²) in [5.74, 6) is 0.524. The van der Waals surface area contributed by atoms with Gasteiger partial charge in [-0.15, -0.1) is 11.3 Å². The number of thiophene rings is 1. The van der Waals surface area contributed by atoms with Gasteiger partial charge in [0, 0.05) is 6.92 Å². The molecule has 0 fully saturated rings. The zero-order valence-corrected chi connectivity index (χ0v) is 8.37. The van der Waals surface area contributed by atoms with E-state index in [0.717, 1.165) is 5.00 Å². The normalized spacial score (nSPS) is 10.3. The van der Waals surface area contributed by atoms with Crippen LogP contribution in [0.1, 0.15) is 32.3 Å². The molecular weight excluding hydrogens is 170 g/mol. The van der Waals surface area contributed by atoms with Crippen molar-refractivity contribution in [1.29, 1.82) is 0 Å². The number of carbonyl (C=O) groups is 1. The highest BCUT2D eigenvalue weighted by atomic mass is 32.1. The van der Waals surface area contributed by atoms with Gasteiger partial charge >= 0.3 is 0 Å². The van der Waals surface area contributed by atoms with Gasteiger partial charge in [0.15, 0.2) is 0 Å². The molecule has 0 aliphatic heterocycles. The van der Waals surface area contributed by atoms with Gasteiger partial charge in [0.05, 0.1) is 5.00 Å². The fraction of sp³-hybridized carbons (Fsp3) is 0.444. The third-order valence-electron chi connectivity index (χ3n) is 1.59. The molecule has 1 rings (SSSR count). The standard InChI is InChI=1S/C9H13NOS/c1-6(2)8-4-9(12-5-8)10-7(3)11/h4-6H,1-3H3,(H,10,11). The Kier molecular flexibility index (Phi) is 2.87. The Morgan fingerprint density at radius 1 is 1.58 bits per heavy atom. The average Bonchev–Trinajstić information content (AvgIpc) is 2.34. The van der Waals surface area contributed by atoms with Crippen molar-refractivity contribution in [3.05, 3.63) is 17.0 Å². The summed E-state index contributed by atoms with van der Waals surface area (Å²) in [6, 6.07) is 2.02. The molecule has 0 unspecified atom stereocenters. The first kappa shape index (κ1) is 9.26. The van der Waals surface area contributed by atoms with E-state index in [0.29, 0.717) is 5.92 Å². The minimum Gasteiger partial charge on any atom is -0.318 e. The highest BCUT2D eigenvalue weighted by Gasteiger charge is 2.03. The van der Waals surface area contributed by atoms with Crippen molar-refractivity contribution in [2.75, 3.05) is 5.32 Å². The van der Waals surface area contributed by atoms with Crippen molar-refractivity contribution in [2.24, 2.45) is 0 Å². The highest BCUT2D eigenvalue weighted by Crippen LogP contribution is 2.25. The van der Waals surface area contributed by atoms with Gasteiger partial charge in [-0.3, -0.25) is 4.79 Å². The Balaban J connectivity index is 2.70. The van der Waals surface area contributed by atoms with E-state index in [1.807, 2.05) is 6.07 Å². The molecule has 1 aromatic rings. The molecule has 0 aromatic carbocycles. The second kappa shape index (κ2) is 3.72. The Labute approximate surface area is 76.6 Å². The summed E-state index contributed by atoms with van der Waals surface area (Å²) in [7, 11) is 0. The van der Waals surface area contributed by atoms with Crippen molar-refractivity contribution < 1.29 is 4.79 Å². The smallest absolute Gasteiger partial charge is 0.221 e. The van der Waals surface area contributed by atoms with E-state index >= 15 is 0 Å². The molecule has 0 atom stereocenters. The van der Waals surface area contributed by atoms with Gasteiger partial charge in [-0.1, -0.05) is 13.8 Å². The Hall–Kier alpha value is -0.830. The van der Waals surface area contributed by atoms with Gasteiger partial charge in [-0.25, -0.2) is 0 Å². The second-order valence-corrected chi connectivity index (χ2v) is 3.99. The van der Waals surface area contributed by atoms with Crippen molar-refractivity contribution in [3.63, 3.8) is 0 Å². The zero-order valence-electron chi connectivity index (χ0n) is 7.55. The predicted octanol–water partition coefficient (Wildman–Crippen LogP) is 2.83. The van der Waals surface area contributed by atoms with Gasteiger partial charge in [-0.2, -0.15) is 0 Å². The molecule has 2 nitrogen and oxygen atoms in total. The van der Waals surface area contributed by atoms with Crippen LogP contribution in [-0.4, -0.2) is 5.91 Å². The summed E-state index contributed by atoms with van der Waals surface area (Å²) >= 11 is 1.57. The Bertz CT molecular complexity index is 278. The third-order valence-corrected chi connectivity index (χ3v) is 2.45. The molecule has 0 saturated heterocycles. The van der Waals surface area contributed by atoms with Crippen molar-refractivity contribution in [2.45, 2.75) is 26.7 Å². The van der Waals surface area contributed by atoms with Crippen LogP contribution < -0.4 is 5.32 Å². The highest BCUT2D eigenvalue weighted by molar-refractivity contribution is 7.14. The van der Waals surface area contributed by atoms with Gasteiger partial charge in [0.2, 0.25) is 5.91 Å². The van der Waals surface area contributed by atoms with Crippen LogP contribution in [0, 0.1) is 0 Å². The molecule has 1 N–H and O–H groups in total. The first-order valence-corrected chi connectivity index (χ1v) is 4.83. The molecule has 0 saturated carbocycles. The average molecular weight is 183 g/mol. The van der Waals surface area contributed by atoms with E-state index in [9.17, 15) is 4.79 Å². The predicted molar refractivity (Wildman–Crippen MR) is 52.7 cm³/mol. The third kappa shape index (κ3) is 2.34. The number of anilines is 1. The van der Waals surface area contributed by atoms with E-state index in [2.05, 4.69) is 24.5 Å². The molecule has 1 aromatic heterocycles. The number of amides is 1. The van der Waals surface area contributed by atoms with Crippen molar-refractivity contribution in [3.8, 4) is 0 Å². The minimum atomic E-state index is -0.00726. The quantitative estimate of drug-likeness (QED) is 0.750. The molecule has 0 aliphatic carbocycles. The molecular formula is C9H13NOS.